The molecular formula is C23H27N3O4S2. The smallest absolute Gasteiger partial charge is 0.276 e. The number of aromatic nitrogens is 1. The third kappa shape index (κ3) is 3.68. The van der Waals surface area contributed by atoms with E-state index in [0.29, 0.717) is 23.7 Å². The average molecular weight is 474 g/mol. The van der Waals surface area contributed by atoms with E-state index in [1.807, 2.05) is 52.1 Å². The Labute approximate surface area is 192 Å². The van der Waals surface area contributed by atoms with E-state index in [-0.39, 0.29) is 24.7 Å². The Morgan fingerprint density at radius 1 is 0.969 bits per heavy atom. The molecule has 0 bridgehead atoms. The van der Waals surface area contributed by atoms with Crippen molar-refractivity contribution in [3.8, 4) is 10.6 Å². The second-order valence-corrected chi connectivity index (χ2v) is 11.0. The monoisotopic (exact) mass is 473 g/mol. The van der Waals surface area contributed by atoms with Gasteiger partial charge in [0.15, 0.2) is 17.8 Å². The van der Waals surface area contributed by atoms with Crippen LogP contribution >= 0.6 is 11.3 Å². The average Bonchev–Trinajstić information content (AvgIpc) is 3.47. The van der Waals surface area contributed by atoms with Gasteiger partial charge in [-0.1, -0.05) is 6.07 Å². The minimum atomic E-state index is -3.67. The molecular weight excluding hydrogens is 446 g/mol. The summed E-state index contributed by atoms with van der Waals surface area (Å²) in [5.74, 6) is 0.213. The molecule has 0 unspecified atom stereocenters. The second kappa shape index (κ2) is 8.46. The first-order valence-electron chi connectivity index (χ1n) is 10.5. The predicted octanol–water partition coefficient (Wildman–Crippen LogP) is 4.09. The van der Waals surface area contributed by atoms with Crippen LogP contribution in [0.3, 0.4) is 0 Å². The predicted molar refractivity (Wildman–Crippen MR) is 125 cm³/mol. The van der Waals surface area contributed by atoms with Gasteiger partial charge in [0, 0.05) is 26.2 Å². The quantitative estimate of drug-likeness (QED) is 0.570. The van der Waals surface area contributed by atoms with Crippen molar-refractivity contribution in [2.45, 2.75) is 39.5 Å². The summed E-state index contributed by atoms with van der Waals surface area (Å²) in [6.45, 7) is 10.8. The molecule has 0 N–H and O–H groups in total. The lowest BCUT2D eigenvalue weighted by atomic mass is 9.95. The second-order valence-electron chi connectivity index (χ2n) is 8.16. The van der Waals surface area contributed by atoms with Gasteiger partial charge in [0.05, 0.1) is 9.77 Å². The summed E-state index contributed by atoms with van der Waals surface area (Å²) >= 11 is 1.47. The molecule has 4 rings (SSSR count). The van der Waals surface area contributed by atoms with Crippen LogP contribution in [-0.4, -0.2) is 54.7 Å². The molecule has 0 atom stereocenters. The highest BCUT2D eigenvalue weighted by molar-refractivity contribution is 7.89. The number of piperazine rings is 1. The molecule has 0 aliphatic carbocycles. The van der Waals surface area contributed by atoms with Gasteiger partial charge in [0.2, 0.25) is 10.0 Å². The molecule has 170 valence electrons. The number of hydrogen-bond acceptors (Lipinski definition) is 6. The Morgan fingerprint density at radius 2 is 1.56 bits per heavy atom. The Kier molecular flexibility index (Phi) is 6.00. The zero-order valence-corrected chi connectivity index (χ0v) is 20.6. The molecule has 1 aliphatic rings. The molecule has 1 saturated heterocycles. The van der Waals surface area contributed by atoms with Crippen LogP contribution in [0.2, 0.25) is 0 Å². The SMILES string of the molecule is Cc1c(C)c(C)c(S(=O)(=O)N2CCN(C(=O)c3ncoc3-c3cccs3)CC2)c(C)c1C. The molecule has 1 aromatic carbocycles. The van der Waals surface area contributed by atoms with Crippen molar-refractivity contribution in [1.29, 1.82) is 0 Å². The van der Waals surface area contributed by atoms with Crippen molar-refractivity contribution in [2.75, 3.05) is 26.2 Å². The van der Waals surface area contributed by atoms with E-state index < -0.39 is 10.0 Å². The van der Waals surface area contributed by atoms with Crippen LogP contribution in [0.4, 0.5) is 0 Å². The van der Waals surface area contributed by atoms with Gasteiger partial charge in [-0.25, -0.2) is 13.4 Å². The summed E-state index contributed by atoms with van der Waals surface area (Å²) in [6, 6.07) is 3.77. The highest BCUT2D eigenvalue weighted by Crippen LogP contribution is 2.32. The van der Waals surface area contributed by atoms with Gasteiger partial charge in [-0.3, -0.25) is 4.79 Å². The Balaban J connectivity index is 1.55. The van der Waals surface area contributed by atoms with Crippen LogP contribution in [0.5, 0.6) is 0 Å². The number of oxazole rings is 1. The minimum absolute atomic E-state index is 0.241. The standard InChI is InChI=1S/C23H27N3O4S2/c1-14-15(2)17(4)22(18(5)16(14)3)32(28,29)26-10-8-25(9-11-26)23(27)20-21(30-13-24-20)19-7-6-12-31-19/h6-7,12-13H,8-11H2,1-5H3. The molecule has 9 heteroatoms. The molecule has 0 saturated carbocycles. The molecule has 0 spiro atoms. The summed E-state index contributed by atoms with van der Waals surface area (Å²) in [7, 11) is -3.67. The number of amides is 1. The fourth-order valence-electron chi connectivity index (χ4n) is 4.24. The number of carbonyl (C=O) groups is 1. The molecule has 3 heterocycles. The van der Waals surface area contributed by atoms with Gasteiger partial charge in [-0.2, -0.15) is 4.31 Å². The van der Waals surface area contributed by atoms with Gasteiger partial charge >= 0.3 is 0 Å². The third-order valence-electron chi connectivity index (χ3n) is 6.57. The van der Waals surface area contributed by atoms with Crippen LogP contribution in [0.15, 0.2) is 33.2 Å². The van der Waals surface area contributed by atoms with Crippen molar-refractivity contribution in [3.63, 3.8) is 0 Å². The van der Waals surface area contributed by atoms with Crippen LogP contribution in [-0.2, 0) is 10.0 Å². The van der Waals surface area contributed by atoms with E-state index in [1.54, 1.807) is 4.90 Å². The number of hydrogen-bond donors (Lipinski definition) is 0. The van der Waals surface area contributed by atoms with Crippen molar-refractivity contribution in [1.82, 2.24) is 14.2 Å². The highest BCUT2D eigenvalue weighted by Gasteiger charge is 2.34. The number of sulfonamides is 1. The summed E-state index contributed by atoms with van der Waals surface area (Å²) in [4.78, 5) is 20.1. The normalized spacial score (nSPS) is 15.3. The fraction of sp³-hybridized carbons (Fsp3) is 0.391. The largest absolute Gasteiger partial charge is 0.442 e. The highest BCUT2D eigenvalue weighted by atomic mass is 32.2. The van der Waals surface area contributed by atoms with E-state index in [4.69, 9.17) is 4.42 Å². The summed E-state index contributed by atoms with van der Waals surface area (Å²) < 4.78 is 34.1. The summed E-state index contributed by atoms with van der Waals surface area (Å²) in [6.07, 6.45) is 1.27. The zero-order valence-electron chi connectivity index (χ0n) is 18.9. The van der Waals surface area contributed by atoms with Gasteiger partial charge in [-0.05, 0) is 73.9 Å². The van der Waals surface area contributed by atoms with Crippen molar-refractivity contribution in [2.24, 2.45) is 0 Å². The first-order valence-corrected chi connectivity index (χ1v) is 12.8. The van der Waals surface area contributed by atoms with E-state index in [0.717, 1.165) is 32.7 Å². The lowest BCUT2D eigenvalue weighted by Gasteiger charge is -2.34. The third-order valence-corrected chi connectivity index (χ3v) is 9.61. The van der Waals surface area contributed by atoms with Gasteiger partial charge in [-0.15, -0.1) is 11.3 Å². The minimum Gasteiger partial charge on any atom is -0.442 e. The maximum absolute atomic E-state index is 13.6. The molecule has 7 nitrogen and oxygen atoms in total. The van der Waals surface area contributed by atoms with Gasteiger partial charge in [0.1, 0.15) is 0 Å². The van der Waals surface area contributed by atoms with E-state index in [2.05, 4.69) is 4.98 Å². The topological polar surface area (TPSA) is 83.7 Å². The maximum atomic E-state index is 13.6. The summed E-state index contributed by atoms with van der Waals surface area (Å²) in [5, 5.41) is 1.91. The molecule has 3 aromatic rings. The Hall–Kier alpha value is -2.49. The number of benzene rings is 1. The molecule has 1 amide bonds. The lowest BCUT2D eigenvalue weighted by molar-refractivity contribution is 0.0693. The van der Waals surface area contributed by atoms with E-state index >= 15 is 0 Å². The van der Waals surface area contributed by atoms with Crippen LogP contribution in [0, 0.1) is 34.6 Å². The van der Waals surface area contributed by atoms with Crippen LogP contribution in [0.1, 0.15) is 38.3 Å². The molecule has 1 aliphatic heterocycles. The van der Waals surface area contributed by atoms with E-state index in [1.165, 1.54) is 22.0 Å². The molecule has 32 heavy (non-hydrogen) atoms. The van der Waals surface area contributed by atoms with Crippen molar-refractivity contribution >= 4 is 27.3 Å². The Morgan fingerprint density at radius 3 is 2.12 bits per heavy atom. The fourth-order valence-corrected chi connectivity index (χ4v) is 6.94. The first-order chi connectivity index (χ1) is 15.1. The lowest BCUT2D eigenvalue weighted by Crippen LogP contribution is -2.50. The van der Waals surface area contributed by atoms with Gasteiger partial charge < -0.3 is 9.32 Å². The van der Waals surface area contributed by atoms with Crippen molar-refractivity contribution < 1.29 is 17.6 Å². The number of rotatable bonds is 4. The van der Waals surface area contributed by atoms with Crippen molar-refractivity contribution in [3.05, 3.63) is 57.4 Å². The number of nitrogens with zero attached hydrogens (tertiary/aromatic N) is 3. The molecule has 2 aromatic heterocycles. The molecule has 1 fully saturated rings. The zero-order chi connectivity index (χ0) is 23.2. The molecule has 0 radical (unpaired) electrons. The number of thiophene rings is 1. The first kappa shape index (κ1) is 22.7. The van der Waals surface area contributed by atoms with Gasteiger partial charge in [0.25, 0.3) is 5.91 Å². The van der Waals surface area contributed by atoms with Crippen LogP contribution < -0.4 is 0 Å². The maximum Gasteiger partial charge on any atom is 0.276 e. The Bertz CT molecular complexity index is 1240. The number of carbonyl (C=O) groups excluding carboxylic acids is 1. The summed E-state index contributed by atoms with van der Waals surface area (Å²) in [5.41, 5.74) is 5.00. The van der Waals surface area contributed by atoms with E-state index in [9.17, 15) is 13.2 Å². The van der Waals surface area contributed by atoms with Crippen LogP contribution in [0.25, 0.3) is 10.6 Å².